The smallest absolute Gasteiger partial charge is 0.264 e. The fraction of sp³-hybridized carbons (Fsp3) is 0.160. The minimum absolute atomic E-state index is 0.0795. The molecule has 3 rings (SSSR count). The number of carbonyl (C=O) groups is 2. The van der Waals surface area contributed by atoms with Gasteiger partial charge in [0, 0.05) is 0 Å². The molecule has 0 spiro atoms. The normalized spacial score (nSPS) is 11.3. The summed E-state index contributed by atoms with van der Waals surface area (Å²) in [6.45, 7) is 2.95. The quantitative estimate of drug-likeness (QED) is 0.330. The highest BCUT2D eigenvalue weighted by atomic mass is 32.2. The van der Waals surface area contributed by atoms with Gasteiger partial charge in [0.1, 0.15) is 12.3 Å². The first-order valence-corrected chi connectivity index (χ1v) is 12.1. The topological polar surface area (TPSA) is 131 Å². The van der Waals surface area contributed by atoms with Gasteiger partial charge in [-0.15, -0.1) is 0 Å². The molecule has 3 N–H and O–H groups in total. The van der Waals surface area contributed by atoms with Gasteiger partial charge in [-0.1, -0.05) is 30.3 Å². The fourth-order valence-electron chi connectivity index (χ4n) is 3.16. The largest absolute Gasteiger partial charge is 0.484 e. The highest BCUT2D eigenvalue weighted by molar-refractivity contribution is 7.92. The molecule has 0 saturated heterocycles. The van der Waals surface area contributed by atoms with Crippen LogP contribution in [0.2, 0.25) is 0 Å². The van der Waals surface area contributed by atoms with E-state index in [9.17, 15) is 18.0 Å². The zero-order valence-electron chi connectivity index (χ0n) is 19.3. The Morgan fingerprint density at radius 2 is 1.71 bits per heavy atom. The molecule has 0 aliphatic carbocycles. The van der Waals surface area contributed by atoms with Crippen LogP contribution in [0.25, 0.3) is 0 Å². The maximum Gasteiger partial charge on any atom is 0.264 e. The number of rotatable bonds is 10. The van der Waals surface area contributed by atoms with E-state index in [4.69, 9.17) is 10.5 Å². The summed E-state index contributed by atoms with van der Waals surface area (Å²) in [7, 11) is -4.01. The second-order valence-corrected chi connectivity index (χ2v) is 9.59. The van der Waals surface area contributed by atoms with Gasteiger partial charge in [0.25, 0.3) is 21.8 Å². The second kappa shape index (κ2) is 11.3. The van der Waals surface area contributed by atoms with Gasteiger partial charge in [-0.2, -0.15) is 5.10 Å². The lowest BCUT2D eigenvalue weighted by molar-refractivity contribution is -0.120. The summed E-state index contributed by atoms with van der Waals surface area (Å²) in [5.41, 5.74) is 10.1. The van der Waals surface area contributed by atoms with Crippen molar-refractivity contribution in [2.45, 2.75) is 18.7 Å². The lowest BCUT2D eigenvalue weighted by Gasteiger charge is -2.25. The van der Waals surface area contributed by atoms with Crippen molar-refractivity contribution in [3.8, 4) is 5.75 Å². The van der Waals surface area contributed by atoms with Gasteiger partial charge in [0.05, 0.1) is 16.8 Å². The van der Waals surface area contributed by atoms with Gasteiger partial charge in [0.2, 0.25) is 0 Å². The van der Waals surface area contributed by atoms with E-state index in [1.807, 2.05) is 19.1 Å². The summed E-state index contributed by atoms with van der Waals surface area (Å²) >= 11 is 0. The van der Waals surface area contributed by atoms with Crippen molar-refractivity contribution in [2.24, 2.45) is 10.8 Å². The van der Waals surface area contributed by atoms with Crippen LogP contribution in [0, 0.1) is 13.8 Å². The summed E-state index contributed by atoms with van der Waals surface area (Å²) in [5.74, 6) is -0.731. The Bertz CT molecular complexity index is 1320. The van der Waals surface area contributed by atoms with Crippen molar-refractivity contribution in [1.82, 2.24) is 5.43 Å². The Morgan fingerprint density at radius 3 is 2.37 bits per heavy atom. The summed E-state index contributed by atoms with van der Waals surface area (Å²) in [5, 5.41) is 3.93. The van der Waals surface area contributed by atoms with Crippen LogP contribution in [0.1, 0.15) is 16.7 Å². The van der Waals surface area contributed by atoms with E-state index in [2.05, 4.69) is 10.5 Å². The number of ether oxygens (including phenoxy) is 1. The lowest BCUT2D eigenvalue weighted by atomic mass is 10.1. The maximum atomic E-state index is 13.4. The molecule has 2 amide bonds. The predicted octanol–water partition coefficient (Wildman–Crippen LogP) is 2.51. The van der Waals surface area contributed by atoms with Gasteiger partial charge >= 0.3 is 0 Å². The van der Waals surface area contributed by atoms with E-state index in [0.717, 1.165) is 9.87 Å². The van der Waals surface area contributed by atoms with Gasteiger partial charge in [0.15, 0.2) is 6.61 Å². The molecule has 0 radical (unpaired) electrons. The van der Waals surface area contributed by atoms with Crippen LogP contribution in [0.4, 0.5) is 5.69 Å². The van der Waals surface area contributed by atoms with Crippen molar-refractivity contribution in [3.63, 3.8) is 0 Å². The summed E-state index contributed by atoms with van der Waals surface area (Å²) < 4.78 is 33.1. The number of nitrogens with two attached hydrogens (primary N) is 1. The van der Waals surface area contributed by atoms with Crippen LogP contribution in [-0.2, 0) is 19.6 Å². The third-order valence-electron chi connectivity index (χ3n) is 4.92. The fourth-order valence-corrected chi connectivity index (χ4v) is 4.66. The Balaban J connectivity index is 1.76. The van der Waals surface area contributed by atoms with Crippen LogP contribution in [-0.4, -0.2) is 39.6 Å². The number of nitrogens with zero attached hydrogens (tertiary/aromatic N) is 2. The molecule has 0 saturated carbocycles. The van der Waals surface area contributed by atoms with Crippen molar-refractivity contribution in [3.05, 3.63) is 89.5 Å². The van der Waals surface area contributed by atoms with Crippen molar-refractivity contribution >= 4 is 33.7 Å². The highest BCUT2D eigenvalue weighted by Crippen LogP contribution is 2.27. The minimum Gasteiger partial charge on any atom is -0.484 e. The first kappa shape index (κ1) is 25.4. The van der Waals surface area contributed by atoms with E-state index in [1.165, 1.54) is 18.3 Å². The van der Waals surface area contributed by atoms with Crippen LogP contribution < -0.4 is 20.2 Å². The number of hydrogen-bond donors (Lipinski definition) is 2. The van der Waals surface area contributed by atoms with Crippen LogP contribution in [0.3, 0.4) is 0 Å². The molecule has 0 aliphatic heterocycles. The van der Waals surface area contributed by atoms with Gasteiger partial charge < -0.3 is 10.5 Å². The summed E-state index contributed by atoms with van der Waals surface area (Å²) in [4.78, 5) is 23.6. The highest BCUT2D eigenvalue weighted by Gasteiger charge is 2.28. The Morgan fingerprint density at radius 1 is 1.03 bits per heavy atom. The Kier molecular flexibility index (Phi) is 8.21. The van der Waals surface area contributed by atoms with E-state index in [1.54, 1.807) is 55.5 Å². The number of hydrazone groups is 1. The van der Waals surface area contributed by atoms with Crippen LogP contribution >= 0.6 is 0 Å². The minimum atomic E-state index is -4.01. The molecule has 0 aromatic heterocycles. The van der Waals surface area contributed by atoms with E-state index < -0.39 is 28.4 Å². The van der Waals surface area contributed by atoms with Gasteiger partial charge in [-0.3, -0.25) is 13.9 Å². The molecular weight excluding hydrogens is 468 g/mol. The molecule has 35 heavy (non-hydrogen) atoms. The number of primary amides is 1. The SMILES string of the molecule is Cc1ccc(C)c(N(CC(=O)N/N=C\c2ccc(OCC(N)=O)cc2)S(=O)(=O)c2ccccc2)c1. The number of carbonyl (C=O) groups excluding carboxylic acids is 2. The maximum absolute atomic E-state index is 13.4. The van der Waals surface area contributed by atoms with Gasteiger partial charge in [-0.05, 0) is 73.0 Å². The number of benzene rings is 3. The molecular formula is C25H26N4O5S. The second-order valence-electron chi connectivity index (χ2n) is 7.73. The molecule has 0 aliphatic rings. The average Bonchev–Trinajstić information content (AvgIpc) is 2.84. The summed E-state index contributed by atoms with van der Waals surface area (Å²) in [6.07, 6.45) is 1.41. The Labute approximate surface area is 204 Å². The van der Waals surface area contributed by atoms with Crippen LogP contribution in [0.15, 0.2) is 82.8 Å². The summed E-state index contributed by atoms with van der Waals surface area (Å²) in [6, 6.07) is 20.0. The zero-order chi connectivity index (χ0) is 25.4. The van der Waals surface area contributed by atoms with E-state index in [0.29, 0.717) is 22.6 Å². The molecule has 0 atom stereocenters. The molecule has 182 valence electrons. The molecule has 10 heteroatoms. The third-order valence-corrected chi connectivity index (χ3v) is 6.69. The van der Waals surface area contributed by atoms with Gasteiger partial charge in [-0.25, -0.2) is 13.8 Å². The number of sulfonamides is 1. The predicted molar refractivity (Wildman–Crippen MR) is 134 cm³/mol. The molecule has 0 heterocycles. The van der Waals surface area contributed by atoms with Crippen LogP contribution in [0.5, 0.6) is 5.75 Å². The molecule has 0 bridgehead atoms. The zero-order valence-corrected chi connectivity index (χ0v) is 20.2. The number of hydrogen-bond acceptors (Lipinski definition) is 6. The average molecular weight is 495 g/mol. The monoisotopic (exact) mass is 494 g/mol. The van der Waals surface area contributed by atoms with E-state index >= 15 is 0 Å². The molecule has 0 fully saturated rings. The van der Waals surface area contributed by atoms with Crippen molar-refractivity contribution in [1.29, 1.82) is 0 Å². The number of anilines is 1. The first-order valence-electron chi connectivity index (χ1n) is 10.6. The third kappa shape index (κ3) is 6.90. The standard InChI is InChI=1S/C25H26N4O5S/c1-18-8-9-19(2)23(14-18)29(35(32,33)22-6-4-3-5-7-22)16-25(31)28-27-15-20-10-12-21(13-11-20)34-17-24(26)30/h3-15H,16-17H2,1-2H3,(H2,26,30)(H,28,31)/b27-15-. The Hall–Kier alpha value is -4.18. The van der Waals surface area contributed by atoms with E-state index in [-0.39, 0.29) is 11.5 Å². The molecule has 3 aromatic carbocycles. The van der Waals surface area contributed by atoms with Crippen molar-refractivity contribution < 1.29 is 22.7 Å². The number of amides is 2. The lowest BCUT2D eigenvalue weighted by Crippen LogP contribution is -2.40. The molecule has 3 aromatic rings. The molecule has 0 unspecified atom stereocenters. The van der Waals surface area contributed by atoms with Crippen molar-refractivity contribution in [2.75, 3.05) is 17.5 Å². The molecule has 9 nitrogen and oxygen atoms in total. The number of nitrogens with one attached hydrogen (secondary N) is 1. The first-order chi connectivity index (χ1) is 16.7. The number of aryl methyl sites for hydroxylation is 2.